The topological polar surface area (TPSA) is 42.4 Å². The predicted molar refractivity (Wildman–Crippen MR) is 209 cm³/mol. The zero-order valence-electron chi connectivity index (χ0n) is 26.6. The second kappa shape index (κ2) is 10.5. The number of benzene rings is 8. The van der Waals surface area contributed by atoms with Crippen LogP contribution < -0.4 is 4.90 Å². The number of aromatic nitrogens is 1. The minimum Gasteiger partial charge on any atom is -0.456 e. The first kappa shape index (κ1) is 27.5. The lowest BCUT2D eigenvalue weighted by Gasteiger charge is -2.26. The van der Waals surface area contributed by atoms with Gasteiger partial charge in [-0.3, -0.25) is 0 Å². The van der Waals surface area contributed by atoms with Crippen molar-refractivity contribution in [3.63, 3.8) is 0 Å². The number of hydrogen-bond acceptors (Lipinski definition) is 5. The predicted octanol–water partition coefficient (Wildman–Crippen LogP) is 13.5. The molecule has 0 spiro atoms. The van der Waals surface area contributed by atoms with Crippen molar-refractivity contribution in [1.82, 2.24) is 4.98 Å². The number of thiophene rings is 1. The van der Waals surface area contributed by atoms with Gasteiger partial charge in [0.2, 0.25) is 5.89 Å². The molecule has 0 N–H and O–H groups in total. The molecular formula is C45H26N2O2S. The van der Waals surface area contributed by atoms with Gasteiger partial charge in [-0.25, -0.2) is 4.98 Å². The van der Waals surface area contributed by atoms with Crippen LogP contribution in [0, 0.1) is 0 Å². The Morgan fingerprint density at radius 2 is 1.28 bits per heavy atom. The van der Waals surface area contributed by atoms with Crippen molar-refractivity contribution in [3.8, 4) is 11.5 Å². The number of fused-ring (bicyclic) bond motifs is 10. The van der Waals surface area contributed by atoms with Crippen LogP contribution in [-0.2, 0) is 0 Å². The molecule has 0 atom stereocenters. The summed E-state index contributed by atoms with van der Waals surface area (Å²) >= 11 is 1.85. The number of hydrogen-bond donors (Lipinski definition) is 0. The monoisotopic (exact) mass is 658 g/mol. The summed E-state index contributed by atoms with van der Waals surface area (Å²) in [5, 5.41) is 9.21. The highest BCUT2D eigenvalue weighted by Crippen LogP contribution is 2.47. The van der Waals surface area contributed by atoms with Crippen molar-refractivity contribution in [1.29, 1.82) is 0 Å². The molecule has 11 rings (SSSR count). The third-order valence-electron chi connectivity index (χ3n) is 9.85. The molecule has 0 saturated carbocycles. The molecule has 0 bridgehead atoms. The van der Waals surface area contributed by atoms with E-state index < -0.39 is 0 Å². The van der Waals surface area contributed by atoms with Crippen molar-refractivity contribution in [2.24, 2.45) is 0 Å². The molecule has 0 saturated heterocycles. The van der Waals surface area contributed by atoms with Gasteiger partial charge < -0.3 is 13.7 Å². The fraction of sp³-hybridized carbons (Fsp3) is 0. The molecule has 3 heterocycles. The minimum absolute atomic E-state index is 0.586. The summed E-state index contributed by atoms with van der Waals surface area (Å²) in [6.07, 6.45) is 0. The molecule has 0 amide bonds. The van der Waals surface area contributed by atoms with Crippen LogP contribution in [0.3, 0.4) is 0 Å². The van der Waals surface area contributed by atoms with Gasteiger partial charge >= 0.3 is 0 Å². The first-order valence-corrected chi connectivity index (χ1v) is 17.5. The summed E-state index contributed by atoms with van der Waals surface area (Å²) in [5.74, 6) is 0.586. The van der Waals surface area contributed by atoms with Gasteiger partial charge in [0.1, 0.15) is 16.7 Å². The van der Waals surface area contributed by atoms with E-state index in [0.717, 1.165) is 66.4 Å². The third kappa shape index (κ3) is 4.08. The fourth-order valence-electron chi connectivity index (χ4n) is 7.59. The van der Waals surface area contributed by atoms with Gasteiger partial charge in [0.25, 0.3) is 0 Å². The van der Waals surface area contributed by atoms with E-state index in [4.69, 9.17) is 13.8 Å². The highest BCUT2D eigenvalue weighted by molar-refractivity contribution is 7.26. The molecule has 11 aromatic rings. The summed E-state index contributed by atoms with van der Waals surface area (Å²) in [7, 11) is 0. The van der Waals surface area contributed by atoms with Crippen molar-refractivity contribution < 1.29 is 8.83 Å². The number of furan rings is 1. The van der Waals surface area contributed by atoms with Gasteiger partial charge in [-0.1, -0.05) is 84.9 Å². The van der Waals surface area contributed by atoms with E-state index in [1.165, 1.54) is 30.9 Å². The van der Waals surface area contributed by atoms with Crippen LogP contribution in [0.15, 0.2) is 167 Å². The average Bonchev–Trinajstić information content (AvgIpc) is 3.88. The smallest absolute Gasteiger partial charge is 0.228 e. The van der Waals surface area contributed by atoms with E-state index in [0.29, 0.717) is 5.89 Å². The summed E-state index contributed by atoms with van der Waals surface area (Å²) in [6.45, 7) is 0. The van der Waals surface area contributed by atoms with E-state index in [1.807, 2.05) is 41.7 Å². The Bertz CT molecular complexity index is 3120. The van der Waals surface area contributed by atoms with E-state index in [9.17, 15) is 0 Å². The molecule has 0 aliphatic heterocycles. The Labute approximate surface area is 290 Å². The van der Waals surface area contributed by atoms with Gasteiger partial charge in [-0.15, -0.1) is 11.3 Å². The fourth-order valence-corrected chi connectivity index (χ4v) is 8.74. The van der Waals surface area contributed by atoms with E-state index >= 15 is 0 Å². The van der Waals surface area contributed by atoms with Crippen molar-refractivity contribution in [3.05, 3.63) is 158 Å². The van der Waals surface area contributed by atoms with Crippen LogP contribution in [-0.4, -0.2) is 4.98 Å². The maximum Gasteiger partial charge on any atom is 0.228 e. The standard InChI is InChI=1S/C45H26N2O2S/c1-2-13-30(14-3-1)47(37-17-9-19-40-43(37)35-24-28-11-4-5-12-29(28)25-41(35)50-40)31-21-22-33-39(26-31)48-38-18-8-16-34(42(33)38)45-46-36-23-20-27-10-6-7-15-32(27)44(36)49-45/h1-26H. The molecule has 0 radical (unpaired) electrons. The molecule has 0 fully saturated rings. The van der Waals surface area contributed by atoms with Crippen LogP contribution >= 0.6 is 11.3 Å². The van der Waals surface area contributed by atoms with Crippen molar-refractivity contribution in [2.75, 3.05) is 4.90 Å². The number of para-hydroxylation sites is 1. The van der Waals surface area contributed by atoms with Crippen molar-refractivity contribution in [2.45, 2.75) is 0 Å². The summed E-state index contributed by atoms with van der Waals surface area (Å²) in [4.78, 5) is 7.30. The van der Waals surface area contributed by atoms with Gasteiger partial charge in [0.15, 0.2) is 5.58 Å². The van der Waals surface area contributed by atoms with E-state index in [-0.39, 0.29) is 0 Å². The number of nitrogens with zero attached hydrogens (tertiary/aromatic N) is 2. The molecule has 8 aromatic carbocycles. The lowest BCUT2D eigenvalue weighted by molar-refractivity contribution is 0.623. The van der Waals surface area contributed by atoms with Crippen LogP contribution in [0.25, 0.3) is 86.2 Å². The first-order chi connectivity index (χ1) is 24.8. The molecule has 0 aliphatic carbocycles. The second-order valence-corrected chi connectivity index (χ2v) is 13.8. The molecule has 5 heteroatoms. The molecule has 3 aromatic heterocycles. The van der Waals surface area contributed by atoms with Crippen LogP contribution in [0.1, 0.15) is 0 Å². The maximum absolute atomic E-state index is 6.62. The van der Waals surface area contributed by atoms with Gasteiger partial charge in [-0.2, -0.15) is 0 Å². The summed E-state index contributed by atoms with van der Waals surface area (Å²) in [6, 6.07) is 55.5. The second-order valence-electron chi connectivity index (χ2n) is 12.7. The number of anilines is 3. The molecule has 4 nitrogen and oxygen atoms in total. The highest BCUT2D eigenvalue weighted by atomic mass is 32.1. The Hall–Kier alpha value is -6.43. The Morgan fingerprint density at radius 3 is 2.18 bits per heavy atom. The molecule has 234 valence electrons. The Morgan fingerprint density at radius 1 is 0.480 bits per heavy atom. The third-order valence-corrected chi connectivity index (χ3v) is 11.0. The van der Waals surface area contributed by atoms with Gasteiger partial charge in [0.05, 0.1) is 5.69 Å². The average molecular weight is 659 g/mol. The van der Waals surface area contributed by atoms with Crippen LogP contribution in [0.2, 0.25) is 0 Å². The first-order valence-electron chi connectivity index (χ1n) is 16.7. The van der Waals surface area contributed by atoms with Crippen molar-refractivity contribution >= 4 is 103 Å². The zero-order valence-corrected chi connectivity index (χ0v) is 27.4. The SMILES string of the molecule is c1ccc(N(c2ccc3c(c2)oc2cccc(-c4nc5ccc6ccccc6c5o4)c23)c2cccc3sc4cc5ccccc5cc4c23)cc1. The summed E-state index contributed by atoms with van der Waals surface area (Å²) in [5.41, 5.74) is 7.38. The Kier molecular flexibility index (Phi) is 5.80. The minimum atomic E-state index is 0.586. The van der Waals surface area contributed by atoms with Crippen LogP contribution in [0.4, 0.5) is 17.1 Å². The number of rotatable bonds is 4. The molecular weight excluding hydrogens is 633 g/mol. The Balaban J connectivity index is 1.12. The highest BCUT2D eigenvalue weighted by Gasteiger charge is 2.22. The quantitative estimate of drug-likeness (QED) is 0.189. The molecule has 0 aliphatic rings. The molecule has 50 heavy (non-hydrogen) atoms. The number of oxazole rings is 1. The molecule has 0 unspecified atom stereocenters. The lowest BCUT2D eigenvalue weighted by Crippen LogP contribution is -2.10. The lowest BCUT2D eigenvalue weighted by atomic mass is 10.0. The maximum atomic E-state index is 6.62. The van der Waals surface area contributed by atoms with Gasteiger partial charge in [0, 0.05) is 59.3 Å². The zero-order chi connectivity index (χ0) is 32.8. The normalized spacial score (nSPS) is 12.0. The summed E-state index contributed by atoms with van der Waals surface area (Å²) < 4.78 is 15.7. The van der Waals surface area contributed by atoms with E-state index in [1.54, 1.807) is 0 Å². The van der Waals surface area contributed by atoms with Crippen LogP contribution in [0.5, 0.6) is 0 Å². The van der Waals surface area contributed by atoms with E-state index in [2.05, 4.69) is 132 Å². The van der Waals surface area contributed by atoms with Gasteiger partial charge in [-0.05, 0) is 82.9 Å². The largest absolute Gasteiger partial charge is 0.456 e.